The van der Waals surface area contributed by atoms with Gasteiger partial charge in [0, 0.05) is 18.0 Å². The van der Waals surface area contributed by atoms with Gasteiger partial charge in [-0.15, -0.1) is 0 Å². The van der Waals surface area contributed by atoms with Crippen molar-refractivity contribution in [1.29, 1.82) is 0 Å². The van der Waals surface area contributed by atoms with E-state index in [1.807, 2.05) is 25.1 Å². The number of hydrogen-bond acceptors (Lipinski definition) is 3. The minimum Gasteiger partial charge on any atom is -0.451 e. The molecule has 1 aliphatic rings. The van der Waals surface area contributed by atoms with Gasteiger partial charge in [0.15, 0.2) is 5.76 Å². The van der Waals surface area contributed by atoms with Gasteiger partial charge in [0.1, 0.15) is 5.58 Å². The molecule has 19 heavy (non-hydrogen) atoms. The smallest absolute Gasteiger partial charge is 0.287 e. The highest BCUT2D eigenvalue weighted by atomic mass is 16.3. The number of furan rings is 1. The molecule has 100 valence electrons. The van der Waals surface area contributed by atoms with Gasteiger partial charge in [0.2, 0.25) is 0 Å². The van der Waals surface area contributed by atoms with Crippen molar-refractivity contribution < 1.29 is 9.21 Å². The highest BCUT2D eigenvalue weighted by Gasteiger charge is 2.31. The van der Waals surface area contributed by atoms with E-state index in [4.69, 9.17) is 10.2 Å². The number of carbonyl (C=O) groups is 1. The Balaban J connectivity index is 1.80. The molecule has 0 bridgehead atoms. The van der Waals surface area contributed by atoms with E-state index in [-0.39, 0.29) is 11.9 Å². The zero-order chi connectivity index (χ0) is 13.4. The molecule has 3 N–H and O–H groups in total. The summed E-state index contributed by atoms with van der Waals surface area (Å²) >= 11 is 0. The summed E-state index contributed by atoms with van der Waals surface area (Å²) in [6.07, 6.45) is 2.31. The van der Waals surface area contributed by atoms with Crippen LogP contribution in [0.2, 0.25) is 0 Å². The fourth-order valence-corrected chi connectivity index (χ4v) is 2.38. The second-order valence-electron chi connectivity index (χ2n) is 5.31. The van der Waals surface area contributed by atoms with Crippen molar-refractivity contribution >= 4 is 16.9 Å². The third kappa shape index (κ3) is 2.49. The monoisotopic (exact) mass is 258 g/mol. The number of amides is 1. The van der Waals surface area contributed by atoms with Crippen molar-refractivity contribution in [3.8, 4) is 0 Å². The second kappa shape index (κ2) is 4.70. The normalized spacial score (nSPS) is 16.5. The Labute approximate surface area is 112 Å². The van der Waals surface area contributed by atoms with E-state index < -0.39 is 0 Å². The molecule has 3 rings (SSSR count). The number of fused-ring (bicyclic) bond motifs is 1. The van der Waals surface area contributed by atoms with Gasteiger partial charge in [-0.25, -0.2) is 0 Å². The number of benzene rings is 1. The summed E-state index contributed by atoms with van der Waals surface area (Å²) in [4.78, 5) is 12.1. The summed E-state index contributed by atoms with van der Waals surface area (Å²) in [5, 5.41) is 3.92. The third-order valence-electron chi connectivity index (χ3n) is 3.66. The van der Waals surface area contributed by atoms with Crippen molar-refractivity contribution in [1.82, 2.24) is 5.32 Å². The minimum absolute atomic E-state index is 0.0717. The Bertz CT molecular complexity index is 614. The predicted octanol–water partition coefficient (Wildman–Crippen LogP) is 2.21. The van der Waals surface area contributed by atoms with E-state index >= 15 is 0 Å². The first kappa shape index (κ1) is 12.2. The number of aryl methyl sites for hydroxylation is 1. The first-order valence-corrected chi connectivity index (χ1v) is 6.68. The quantitative estimate of drug-likeness (QED) is 0.883. The fraction of sp³-hybridized carbons (Fsp3) is 0.400. The summed E-state index contributed by atoms with van der Waals surface area (Å²) in [6.45, 7) is 2.50. The summed E-state index contributed by atoms with van der Waals surface area (Å²) in [6, 6.07) is 7.74. The van der Waals surface area contributed by atoms with Crippen LogP contribution in [0.25, 0.3) is 11.0 Å². The maximum atomic E-state index is 12.1. The van der Waals surface area contributed by atoms with Crippen LogP contribution in [0.5, 0.6) is 0 Å². The Kier molecular flexibility index (Phi) is 3.03. The van der Waals surface area contributed by atoms with Crippen LogP contribution in [-0.2, 0) is 0 Å². The van der Waals surface area contributed by atoms with Crippen LogP contribution < -0.4 is 11.1 Å². The standard InChI is InChI=1S/C15H18N2O2/c1-9-2-5-13-11(6-9)7-14(19-13)15(18)17-12(8-16)10-3-4-10/h2,5-7,10,12H,3-4,8,16H2,1H3,(H,17,18). The van der Waals surface area contributed by atoms with Crippen molar-refractivity contribution in [2.24, 2.45) is 11.7 Å². The van der Waals surface area contributed by atoms with E-state index in [1.165, 1.54) is 0 Å². The molecule has 0 spiro atoms. The molecular weight excluding hydrogens is 240 g/mol. The van der Waals surface area contributed by atoms with Crippen LogP contribution in [0.15, 0.2) is 28.7 Å². The Morgan fingerprint density at radius 2 is 2.26 bits per heavy atom. The molecular formula is C15H18N2O2. The van der Waals surface area contributed by atoms with E-state index in [9.17, 15) is 4.79 Å². The molecule has 1 atom stereocenters. The van der Waals surface area contributed by atoms with Crippen LogP contribution in [-0.4, -0.2) is 18.5 Å². The molecule has 1 aromatic heterocycles. The molecule has 1 amide bonds. The number of nitrogens with one attached hydrogen (secondary N) is 1. The van der Waals surface area contributed by atoms with Gasteiger partial charge in [-0.2, -0.15) is 0 Å². The van der Waals surface area contributed by atoms with Gasteiger partial charge in [-0.3, -0.25) is 4.79 Å². The molecule has 0 aliphatic heterocycles. The van der Waals surface area contributed by atoms with Crippen molar-refractivity contribution in [3.63, 3.8) is 0 Å². The Hall–Kier alpha value is -1.81. The molecule has 1 unspecified atom stereocenters. The number of nitrogens with two attached hydrogens (primary N) is 1. The number of rotatable bonds is 4. The van der Waals surface area contributed by atoms with Crippen molar-refractivity contribution in [3.05, 3.63) is 35.6 Å². The Morgan fingerprint density at radius 1 is 1.47 bits per heavy atom. The van der Waals surface area contributed by atoms with E-state index in [2.05, 4.69) is 5.32 Å². The summed E-state index contributed by atoms with van der Waals surface area (Å²) < 4.78 is 5.58. The van der Waals surface area contributed by atoms with Gasteiger partial charge in [-0.05, 0) is 43.9 Å². The molecule has 0 radical (unpaired) electrons. The van der Waals surface area contributed by atoms with Gasteiger partial charge < -0.3 is 15.5 Å². The molecule has 4 heteroatoms. The third-order valence-corrected chi connectivity index (χ3v) is 3.66. The lowest BCUT2D eigenvalue weighted by Crippen LogP contribution is -2.41. The summed E-state index contributed by atoms with van der Waals surface area (Å²) in [7, 11) is 0. The molecule has 0 saturated heterocycles. The Morgan fingerprint density at radius 3 is 2.95 bits per heavy atom. The van der Waals surface area contributed by atoms with Gasteiger partial charge in [-0.1, -0.05) is 11.6 Å². The number of hydrogen-bond donors (Lipinski definition) is 2. The fourth-order valence-electron chi connectivity index (χ4n) is 2.38. The zero-order valence-electron chi connectivity index (χ0n) is 11.0. The molecule has 2 aromatic rings. The van der Waals surface area contributed by atoms with Crippen molar-refractivity contribution in [2.75, 3.05) is 6.54 Å². The zero-order valence-corrected chi connectivity index (χ0v) is 11.0. The predicted molar refractivity (Wildman–Crippen MR) is 74.0 cm³/mol. The highest BCUT2D eigenvalue weighted by Crippen LogP contribution is 2.32. The van der Waals surface area contributed by atoms with Crippen LogP contribution >= 0.6 is 0 Å². The minimum atomic E-state index is -0.170. The maximum absolute atomic E-state index is 12.1. The lowest BCUT2D eigenvalue weighted by atomic mass is 10.1. The lowest BCUT2D eigenvalue weighted by Gasteiger charge is -2.14. The first-order chi connectivity index (χ1) is 9.17. The van der Waals surface area contributed by atoms with E-state index in [0.717, 1.165) is 29.4 Å². The van der Waals surface area contributed by atoms with E-state index in [1.54, 1.807) is 6.07 Å². The van der Waals surface area contributed by atoms with Gasteiger partial charge in [0.25, 0.3) is 5.91 Å². The van der Waals surface area contributed by atoms with Crippen LogP contribution in [0.3, 0.4) is 0 Å². The first-order valence-electron chi connectivity index (χ1n) is 6.68. The molecule has 4 nitrogen and oxygen atoms in total. The molecule has 1 saturated carbocycles. The van der Waals surface area contributed by atoms with Crippen LogP contribution in [0.1, 0.15) is 29.0 Å². The SMILES string of the molecule is Cc1ccc2oc(C(=O)NC(CN)C3CC3)cc2c1. The van der Waals surface area contributed by atoms with Crippen LogP contribution in [0.4, 0.5) is 0 Å². The van der Waals surface area contributed by atoms with Crippen molar-refractivity contribution in [2.45, 2.75) is 25.8 Å². The highest BCUT2D eigenvalue weighted by molar-refractivity contribution is 5.96. The van der Waals surface area contributed by atoms with E-state index in [0.29, 0.717) is 18.2 Å². The van der Waals surface area contributed by atoms with Crippen LogP contribution in [0, 0.1) is 12.8 Å². The summed E-state index contributed by atoms with van der Waals surface area (Å²) in [5.41, 5.74) is 7.58. The largest absolute Gasteiger partial charge is 0.451 e. The molecule has 1 fully saturated rings. The molecule has 1 aromatic carbocycles. The number of carbonyl (C=O) groups excluding carboxylic acids is 1. The second-order valence-corrected chi connectivity index (χ2v) is 5.31. The molecule has 1 heterocycles. The lowest BCUT2D eigenvalue weighted by molar-refractivity contribution is 0.0907. The average molecular weight is 258 g/mol. The average Bonchev–Trinajstić information content (AvgIpc) is 3.15. The molecule has 1 aliphatic carbocycles. The van der Waals surface area contributed by atoms with Gasteiger partial charge in [0.05, 0.1) is 0 Å². The topological polar surface area (TPSA) is 68.3 Å². The van der Waals surface area contributed by atoms with Gasteiger partial charge >= 0.3 is 0 Å². The summed E-state index contributed by atoms with van der Waals surface area (Å²) in [5.74, 6) is 0.733. The maximum Gasteiger partial charge on any atom is 0.287 e.